The lowest BCUT2D eigenvalue weighted by Gasteiger charge is -2.34. The van der Waals surface area contributed by atoms with Crippen molar-refractivity contribution in [1.82, 2.24) is 19.8 Å². The van der Waals surface area contributed by atoms with E-state index in [0.29, 0.717) is 27.8 Å². The number of pyridine rings is 2. The van der Waals surface area contributed by atoms with E-state index in [1.807, 2.05) is 24.3 Å². The summed E-state index contributed by atoms with van der Waals surface area (Å²) < 4.78 is 24.2. The van der Waals surface area contributed by atoms with E-state index >= 15 is 0 Å². The first-order valence-electron chi connectivity index (χ1n) is 12.4. The van der Waals surface area contributed by atoms with Gasteiger partial charge in [0.05, 0.1) is 16.0 Å². The molecule has 2 aromatic carbocycles. The molecule has 2 N–H and O–H groups in total. The second-order valence-corrected chi connectivity index (χ2v) is 11.5. The van der Waals surface area contributed by atoms with Gasteiger partial charge in [0.2, 0.25) is 0 Å². The monoisotopic (exact) mass is 517 g/mol. The number of piperazine rings is 1. The van der Waals surface area contributed by atoms with Crippen LogP contribution in [0.4, 0.5) is 11.5 Å². The Kier molecular flexibility index (Phi) is 7.10. The molecule has 5 rings (SSSR count). The highest BCUT2D eigenvalue weighted by atomic mass is 32.2. The Hall–Kier alpha value is -3.53. The van der Waals surface area contributed by atoms with Gasteiger partial charge in [-0.15, -0.1) is 0 Å². The molecule has 1 saturated heterocycles. The Morgan fingerprint density at radius 2 is 1.70 bits per heavy atom. The maximum atomic E-state index is 12.7. The summed E-state index contributed by atoms with van der Waals surface area (Å²) in [5, 5.41) is 4.48. The van der Waals surface area contributed by atoms with E-state index in [1.165, 1.54) is 11.8 Å². The molecule has 192 valence electrons. The third-order valence-electron chi connectivity index (χ3n) is 6.85. The van der Waals surface area contributed by atoms with Crippen LogP contribution in [0.3, 0.4) is 0 Å². The molecule has 0 amide bonds. The van der Waals surface area contributed by atoms with Crippen molar-refractivity contribution < 1.29 is 8.42 Å². The van der Waals surface area contributed by atoms with Crippen LogP contribution in [0.2, 0.25) is 0 Å². The average Bonchev–Trinajstić information content (AvgIpc) is 2.90. The minimum Gasteiger partial charge on any atom is -0.340 e. The van der Waals surface area contributed by atoms with Crippen LogP contribution in [0.25, 0.3) is 22.0 Å². The third kappa shape index (κ3) is 5.74. The molecule has 1 aliphatic heterocycles. The van der Waals surface area contributed by atoms with Crippen molar-refractivity contribution >= 4 is 32.1 Å². The highest BCUT2D eigenvalue weighted by Gasteiger charge is 2.16. The number of aromatic nitrogens is 2. The second-order valence-electron chi connectivity index (χ2n) is 9.46. The number of hydrogen-bond acceptors (Lipinski definition) is 7. The molecule has 0 aliphatic carbocycles. The molecular formula is C28H31N5O3S. The molecule has 3 heterocycles. The van der Waals surface area contributed by atoms with Crippen molar-refractivity contribution in [1.29, 1.82) is 0 Å². The number of hydrogen-bond donors (Lipinski definition) is 2. The molecule has 9 heteroatoms. The summed E-state index contributed by atoms with van der Waals surface area (Å²) >= 11 is 0. The highest BCUT2D eigenvalue weighted by Crippen LogP contribution is 2.29. The number of anilines is 2. The Bertz CT molecular complexity index is 1570. The summed E-state index contributed by atoms with van der Waals surface area (Å²) in [5.74, 6) is 0.419. The van der Waals surface area contributed by atoms with Gasteiger partial charge in [-0.1, -0.05) is 31.2 Å². The molecule has 8 nitrogen and oxygen atoms in total. The third-order valence-corrected chi connectivity index (χ3v) is 7.96. The smallest absolute Gasteiger partial charge is 0.259 e. The van der Waals surface area contributed by atoms with Gasteiger partial charge in [0.15, 0.2) is 9.84 Å². The molecule has 0 saturated carbocycles. The van der Waals surface area contributed by atoms with Crippen molar-refractivity contribution in [2.45, 2.75) is 18.4 Å². The van der Waals surface area contributed by atoms with E-state index in [1.54, 1.807) is 30.5 Å². The predicted molar refractivity (Wildman–Crippen MR) is 148 cm³/mol. The lowest BCUT2D eigenvalue weighted by atomic mass is 10.1. The number of nitrogens with one attached hydrogen (secondary N) is 2. The van der Waals surface area contributed by atoms with Crippen molar-refractivity contribution in [3.63, 3.8) is 0 Å². The molecule has 0 atom stereocenters. The Morgan fingerprint density at radius 3 is 2.41 bits per heavy atom. The zero-order valence-corrected chi connectivity index (χ0v) is 21.9. The van der Waals surface area contributed by atoms with Gasteiger partial charge in [-0.2, -0.15) is 0 Å². The SMILES string of the molecule is CCN1CCN(Cc2ccc(Nc3nc(-c4cccc(S(C)(=O)=O)c4)cc4cc[nH]c(=O)c34)cc2)CC1. The van der Waals surface area contributed by atoms with E-state index in [9.17, 15) is 13.2 Å². The van der Waals surface area contributed by atoms with Gasteiger partial charge >= 0.3 is 0 Å². The second kappa shape index (κ2) is 10.5. The first-order valence-corrected chi connectivity index (χ1v) is 14.3. The lowest BCUT2D eigenvalue weighted by molar-refractivity contribution is 0.132. The molecule has 1 aliphatic rings. The molecule has 1 fully saturated rings. The van der Waals surface area contributed by atoms with Gasteiger partial charge in [0.1, 0.15) is 5.82 Å². The number of aromatic amines is 1. The van der Waals surface area contributed by atoms with Crippen LogP contribution in [-0.4, -0.2) is 67.2 Å². The van der Waals surface area contributed by atoms with Crippen molar-refractivity contribution in [2.75, 3.05) is 44.3 Å². The fourth-order valence-corrected chi connectivity index (χ4v) is 5.36. The largest absolute Gasteiger partial charge is 0.340 e. The normalized spacial score (nSPS) is 15.2. The molecular weight excluding hydrogens is 486 g/mol. The van der Waals surface area contributed by atoms with Crippen molar-refractivity contribution in [3.8, 4) is 11.3 Å². The first kappa shape index (κ1) is 25.1. The minimum atomic E-state index is -3.36. The fourth-order valence-electron chi connectivity index (χ4n) is 4.69. The summed E-state index contributed by atoms with van der Waals surface area (Å²) in [5.41, 5.74) is 3.04. The molecule has 0 radical (unpaired) electrons. The Morgan fingerprint density at radius 1 is 0.973 bits per heavy atom. The molecule has 0 spiro atoms. The number of rotatable bonds is 7. The van der Waals surface area contributed by atoms with Gasteiger partial charge in [0.25, 0.3) is 5.56 Å². The topological polar surface area (TPSA) is 98.4 Å². The quantitative estimate of drug-likeness (QED) is 0.384. The molecule has 37 heavy (non-hydrogen) atoms. The van der Waals surface area contributed by atoms with Gasteiger partial charge in [-0.05, 0) is 53.9 Å². The summed E-state index contributed by atoms with van der Waals surface area (Å²) in [6.07, 6.45) is 2.78. The van der Waals surface area contributed by atoms with Gasteiger partial charge in [0, 0.05) is 56.4 Å². The summed E-state index contributed by atoms with van der Waals surface area (Å²) in [7, 11) is -3.36. The van der Waals surface area contributed by atoms with Crippen LogP contribution in [0, 0.1) is 0 Å². The predicted octanol–water partition coefficient (Wildman–Crippen LogP) is 3.87. The Balaban J connectivity index is 1.43. The number of nitrogens with zero attached hydrogens (tertiary/aromatic N) is 3. The van der Waals surface area contributed by atoms with E-state index in [0.717, 1.165) is 45.0 Å². The van der Waals surface area contributed by atoms with Crippen LogP contribution < -0.4 is 10.9 Å². The highest BCUT2D eigenvalue weighted by molar-refractivity contribution is 7.90. The molecule has 0 unspecified atom stereocenters. The van der Waals surface area contributed by atoms with E-state index in [2.05, 4.69) is 39.2 Å². The van der Waals surface area contributed by atoms with Gasteiger partial charge in [-0.25, -0.2) is 13.4 Å². The Labute approximate surface area is 216 Å². The zero-order chi connectivity index (χ0) is 26.0. The number of likely N-dealkylation sites (N-methyl/N-ethyl adjacent to an activating group) is 1. The van der Waals surface area contributed by atoms with E-state index in [-0.39, 0.29) is 10.5 Å². The minimum absolute atomic E-state index is 0.221. The van der Waals surface area contributed by atoms with Crippen LogP contribution >= 0.6 is 0 Å². The zero-order valence-electron chi connectivity index (χ0n) is 21.1. The number of fused-ring (bicyclic) bond motifs is 1. The van der Waals surface area contributed by atoms with Crippen LogP contribution in [-0.2, 0) is 16.4 Å². The van der Waals surface area contributed by atoms with Crippen molar-refractivity contribution in [2.24, 2.45) is 0 Å². The van der Waals surface area contributed by atoms with Crippen LogP contribution in [0.5, 0.6) is 0 Å². The maximum Gasteiger partial charge on any atom is 0.259 e. The standard InChI is InChI=1S/C28H31N5O3S/c1-3-32-13-15-33(16-14-32)19-20-7-9-23(10-8-20)30-27-26-22(11-12-29-28(26)34)18-25(31-27)21-5-4-6-24(17-21)37(2,35)36/h4-12,17-18H,3,13-16,19H2,1-2H3,(H,29,34)(H,30,31). The van der Waals surface area contributed by atoms with Gasteiger partial charge < -0.3 is 15.2 Å². The maximum absolute atomic E-state index is 12.7. The lowest BCUT2D eigenvalue weighted by Crippen LogP contribution is -2.45. The number of benzene rings is 2. The molecule has 2 aromatic heterocycles. The number of H-pyrrole nitrogens is 1. The fraction of sp³-hybridized carbons (Fsp3) is 0.286. The van der Waals surface area contributed by atoms with E-state index in [4.69, 9.17) is 4.98 Å². The van der Waals surface area contributed by atoms with Crippen LogP contribution in [0.1, 0.15) is 12.5 Å². The molecule has 4 aromatic rings. The van der Waals surface area contributed by atoms with E-state index < -0.39 is 9.84 Å². The van der Waals surface area contributed by atoms with Gasteiger partial charge in [-0.3, -0.25) is 9.69 Å². The summed E-state index contributed by atoms with van der Waals surface area (Å²) in [6.45, 7) is 8.56. The van der Waals surface area contributed by atoms with Crippen LogP contribution in [0.15, 0.2) is 76.6 Å². The molecule has 0 bridgehead atoms. The first-order chi connectivity index (χ1) is 17.8. The summed E-state index contributed by atoms with van der Waals surface area (Å²) in [4.78, 5) is 25.3. The number of sulfone groups is 1. The van der Waals surface area contributed by atoms with Crippen molar-refractivity contribution in [3.05, 3.63) is 82.8 Å². The summed E-state index contributed by atoms with van der Waals surface area (Å²) in [6, 6.07) is 18.5. The average molecular weight is 518 g/mol.